The molecule has 4 N–H and O–H groups in total. The number of ether oxygens (including phenoxy) is 2. The van der Waals surface area contributed by atoms with Crippen molar-refractivity contribution in [2.45, 2.75) is 62.4 Å². The maximum atomic E-state index is 13.6. The number of epoxide rings is 1. The lowest BCUT2D eigenvalue weighted by atomic mass is 9.94. The highest BCUT2D eigenvalue weighted by atomic mass is 16.6. The number of ketones is 1. The molecule has 0 aromatic heterocycles. The predicted octanol–water partition coefficient (Wildman–Crippen LogP) is 0.921. The number of Topliss-reactive ketones (excluding diaryl/α,β-unsaturated/α-hetero) is 1. The Kier molecular flexibility index (Phi) is 8.58. The van der Waals surface area contributed by atoms with Gasteiger partial charge < -0.3 is 30.5 Å². The quantitative estimate of drug-likeness (QED) is 0.332. The van der Waals surface area contributed by atoms with Gasteiger partial charge in [-0.3, -0.25) is 14.4 Å². The number of benzene rings is 2. The number of carbonyl (C=O) groups is 3. The molecular weight excluding hydrogens is 474 g/mol. The minimum atomic E-state index is -0.962. The molecule has 2 aliphatic rings. The average Bonchev–Trinajstić information content (AvgIpc) is 3.67. The summed E-state index contributed by atoms with van der Waals surface area (Å²) in [6.07, 6.45) is 0.941. The number of rotatable bonds is 11. The third kappa shape index (κ3) is 6.94. The van der Waals surface area contributed by atoms with Crippen molar-refractivity contribution in [2.75, 3.05) is 20.3 Å². The Morgan fingerprint density at radius 1 is 1.05 bits per heavy atom. The lowest BCUT2D eigenvalue weighted by Gasteiger charge is -2.30. The number of aliphatic hydroxyl groups is 1. The lowest BCUT2D eigenvalue weighted by molar-refractivity contribution is -0.134. The van der Waals surface area contributed by atoms with E-state index in [9.17, 15) is 19.5 Å². The molecule has 0 bridgehead atoms. The van der Waals surface area contributed by atoms with E-state index in [0.29, 0.717) is 31.7 Å². The summed E-state index contributed by atoms with van der Waals surface area (Å²) in [5.41, 5.74) is 0.787. The molecule has 0 aliphatic carbocycles. The van der Waals surface area contributed by atoms with Crippen LogP contribution in [0.3, 0.4) is 0 Å². The van der Waals surface area contributed by atoms with Crippen LogP contribution in [-0.2, 0) is 32.0 Å². The van der Waals surface area contributed by atoms with Gasteiger partial charge in [-0.25, -0.2) is 0 Å². The van der Waals surface area contributed by atoms with E-state index in [1.54, 1.807) is 26.2 Å². The Hall–Kier alpha value is -3.27. The molecule has 5 atom stereocenters. The van der Waals surface area contributed by atoms with Crippen molar-refractivity contribution < 1.29 is 29.0 Å². The summed E-state index contributed by atoms with van der Waals surface area (Å²) in [5, 5.41) is 19.0. The Morgan fingerprint density at radius 3 is 2.32 bits per heavy atom. The van der Waals surface area contributed by atoms with Crippen LogP contribution in [0.4, 0.5) is 0 Å². The van der Waals surface area contributed by atoms with Crippen molar-refractivity contribution in [3.05, 3.63) is 65.7 Å². The van der Waals surface area contributed by atoms with E-state index in [1.807, 2.05) is 42.5 Å². The summed E-state index contributed by atoms with van der Waals surface area (Å²) >= 11 is 0. The number of piperidine rings is 1. The standard InChI is InChI=1S/C28H35N3O6/c1-28(17-37-28)25(33)21(15-18-7-4-3-5-8-18)30-26(34)22(16-19-10-12-20(36-2)13-11-19)31-27(35)24-23(32)9-6-14-29-24/h3-5,7-8,10-13,21-24,29,32H,6,9,14-17H2,1-2H3,(H,30,34)(H,31,35). The number of nitrogens with one attached hydrogen (secondary N) is 3. The van der Waals surface area contributed by atoms with Gasteiger partial charge >= 0.3 is 0 Å². The maximum Gasteiger partial charge on any atom is 0.243 e. The van der Waals surface area contributed by atoms with Gasteiger partial charge in [0.2, 0.25) is 11.8 Å². The molecule has 9 nitrogen and oxygen atoms in total. The highest BCUT2D eigenvalue weighted by Crippen LogP contribution is 2.29. The highest BCUT2D eigenvalue weighted by Gasteiger charge is 2.50. The van der Waals surface area contributed by atoms with Crippen LogP contribution in [0.15, 0.2) is 54.6 Å². The van der Waals surface area contributed by atoms with Crippen molar-refractivity contribution in [1.82, 2.24) is 16.0 Å². The molecule has 2 aromatic rings. The van der Waals surface area contributed by atoms with E-state index in [4.69, 9.17) is 9.47 Å². The van der Waals surface area contributed by atoms with Gasteiger partial charge in [-0.15, -0.1) is 0 Å². The first-order valence-corrected chi connectivity index (χ1v) is 12.7. The van der Waals surface area contributed by atoms with Crippen LogP contribution in [0.25, 0.3) is 0 Å². The van der Waals surface area contributed by atoms with E-state index >= 15 is 0 Å². The smallest absolute Gasteiger partial charge is 0.243 e. The van der Waals surface area contributed by atoms with Crippen molar-refractivity contribution in [3.8, 4) is 5.75 Å². The Labute approximate surface area is 216 Å². The second-order valence-electron chi connectivity index (χ2n) is 9.89. The summed E-state index contributed by atoms with van der Waals surface area (Å²) in [4.78, 5) is 39.9. The first kappa shape index (κ1) is 26.8. The van der Waals surface area contributed by atoms with Crippen molar-refractivity contribution in [1.29, 1.82) is 0 Å². The van der Waals surface area contributed by atoms with Crippen LogP contribution >= 0.6 is 0 Å². The minimum absolute atomic E-state index is 0.199. The van der Waals surface area contributed by atoms with Gasteiger partial charge in [-0.05, 0) is 56.0 Å². The first-order valence-electron chi connectivity index (χ1n) is 12.7. The van der Waals surface area contributed by atoms with Crippen LogP contribution in [0.2, 0.25) is 0 Å². The van der Waals surface area contributed by atoms with Crippen LogP contribution < -0.4 is 20.7 Å². The van der Waals surface area contributed by atoms with Crippen molar-refractivity contribution >= 4 is 17.6 Å². The van der Waals surface area contributed by atoms with Crippen molar-refractivity contribution in [3.63, 3.8) is 0 Å². The van der Waals surface area contributed by atoms with E-state index < -0.39 is 41.6 Å². The fourth-order valence-corrected chi connectivity index (χ4v) is 4.56. The zero-order valence-corrected chi connectivity index (χ0v) is 21.2. The topological polar surface area (TPSA) is 129 Å². The van der Waals surface area contributed by atoms with E-state index in [2.05, 4.69) is 16.0 Å². The van der Waals surface area contributed by atoms with Crippen LogP contribution in [0, 0.1) is 0 Å². The molecule has 2 aliphatic heterocycles. The normalized spacial score (nSPS) is 24.4. The molecule has 0 radical (unpaired) electrons. The summed E-state index contributed by atoms with van der Waals surface area (Å²) in [7, 11) is 1.57. The lowest BCUT2D eigenvalue weighted by Crippen LogP contribution is -2.60. The van der Waals surface area contributed by atoms with Gasteiger partial charge in [0, 0.05) is 6.42 Å². The Balaban J connectivity index is 1.54. The molecule has 2 heterocycles. The van der Waals surface area contributed by atoms with Crippen molar-refractivity contribution in [2.24, 2.45) is 0 Å². The Morgan fingerprint density at radius 2 is 1.70 bits per heavy atom. The van der Waals surface area contributed by atoms with Gasteiger partial charge in [0.15, 0.2) is 5.78 Å². The SMILES string of the molecule is COc1ccc(CC(NC(=O)C2NCCCC2O)C(=O)NC(Cc2ccccc2)C(=O)C2(C)CO2)cc1. The highest BCUT2D eigenvalue weighted by molar-refractivity contribution is 5.98. The molecular formula is C28H35N3O6. The van der Waals surface area contributed by atoms with E-state index in [-0.39, 0.29) is 12.2 Å². The second-order valence-corrected chi connectivity index (χ2v) is 9.89. The monoisotopic (exact) mass is 509 g/mol. The summed E-state index contributed by atoms with van der Waals surface area (Å²) < 4.78 is 10.6. The van der Waals surface area contributed by atoms with Gasteiger partial charge in [0.05, 0.1) is 25.9 Å². The molecule has 198 valence electrons. The molecule has 4 rings (SSSR count). The largest absolute Gasteiger partial charge is 0.497 e. The van der Waals surface area contributed by atoms with Gasteiger partial charge in [0.25, 0.3) is 0 Å². The first-order chi connectivity index (χ1) is 17.8. The van der Waals surface area contributed by atoms with Gasteiger partial charge in [-0.1, -0.05) is 42.5 Å². The Bertz CT molecular complexity index is 1090. The number of hydrogen-bond acceptors (Lipinski definition) is 7. The number of hydrogen-bond donors (Lipinski definition) is 4. The van der Waals surface area contributed by atoms with Gasteiger partial charge in [-0.2, -0.15) is 0 Å². The van der Waals surface area contributed by atoms with Crippen LogP contribution in [-0.4, -0.2) is 72.8 Å². The zero-order valence-electron chi connectivity index (χ0n) is 21.2. The molecule has 2 fully saturated rings. The maximum absolute atomic E-state index is 13.6. The molecule has 2 aromatic carbocycles. The fourth-order valence-electron chi connectivity index (χ4n) is 4.56. The summed E-state index contributed by atoms with van der Waals surface area (Å²) in [6.45, 7) is 2.63. The minimum Gasteiger partial charge on any atom is -0.497 e. The molecule has 5 unspecified atom stereocenters. The van der Waals surface area contributed by atoms with Gasteiger partial charge in [0.1, 0.15) is 23.4 Å². The average molecular weight is 510 g/mol. The number of methoxy groups -OCH3 is 1. The second kappa shape index (κ2) is 11.9. The molecule has 2 saturated heterocycles. The summed E-state index contributed by atoms with van der Waals surface area (Å²) in [5.74, 6) is -0.463. The summed E-state index contributed by atoms with van der Waals surface area (Å²) in [6, 6.07) is 14.1. The molecule has 2 amide bonds. The van der Waals surface area contributed by atoms with Crippen LogP contribution in [0.5, 0.6) is 5.75 Å². The zero-order chi connectivity index (χ0) is 26.4. The molecule has 37 heavy (non-hydrogen) atoms. The predicted molar refractivity (Wildman–Crippen MR) is 137 cm³/mol. The van der Waals surface area contributed by atoms with Crippen LogP contribution in [0.1, 0.15) is 30.9 Å². The number of aliphatic hydroxyl groups excluding tert-OH is 1. The molecule has 0 saturated carbocycles. The molecule has 9 heteroatoms. The number of carbonyl (C=O) groups excluding carboxylic acids is 3. The number of amides is 2. The third-order valence-electron chi connectivity index (χ3n) is 6.95. The van der Waals surface area contributed by atoms with E-state index in [1.165, 1.54) is 0 Å². The third-order valence-corrected chi connectivity index (χ3v) is 6.95. The van der Waals surface area contributed by atoms with E-state index in [0.717, 1.165) is 17.5 Å². The molecule has 0 spiro atoms. The fraction of sp³-hybridized carbons (Fsp3) is 0.464.